The highest BCUT2D eigenvalue weighted by Gasteiger charge is 2.37. The Morgan fingerprint density at radius 1 is 0.933 bits per heavy atom. The zero-order valence-electron chi connectivity index (χ0n) is 17.2. The van der Waals surface area contributed by atoms with Crippen molar-refractivity contribution in [2.45, 2.75) is 32.7 Å². The number of nitrogens with zero attached hydrogens (tertiary/aromatic N) is 1. The van der Waals surface area contributed by atoms with Gasteiger partial charge in [0.2, 0.25) is 0 Å². The molecule has 0 saturated heterocycles. The number of benzene rings is 3. The average molecular weight is 419 g/mol. The monoisotopic (exact) mass is 418 g/mol. The van der Waals surface area contributed by atoms with Crippen molar-refractivity contribution < 1.29 is 9.59 Å². The maximum Gasteiger partial charge on any atom is 0.299 e. The van der Waals surface area contributed by atoms with Gasteiger partial charge in [0.05, 0.1) is 23.5 Å². The van der Waals surface area contributed by atoms with Gasteiger partial charge in [0, 0.05) is 10.7 Å². The molecule has 0 unspecified atom stereocenters. The third-order valence-electron chi connectivity index (χ3n) is 5.25. The summed E-state index contributed by atoms with van der Waals surface area (Å²) in [5.74, 6) is -0.990. The SMILES string of the molecule is CC(C)(C)c1ccc(CN2C(=O)C(=O)c3cccc(Nc4cccc(Cl)c4)c32)cc1. The number of Topliss-reactive ketones (excluding diaryl/α,β-unsaturated/α-hetero) is 1. The number of amides is 1. The van der Waals surface area contributed by atoms with Crippen LogP contribution in [0.1, 0.15) is 42.3 Å². The zero-order valence-corrected chi connectivity index (χ0v) is 18.0. The number of anilines is 3. The molecule has 0 spiro atoms. The van der Waals surface area contributed by atoms with Crippen molar-refractivity contribution in [2.24, 2.45) is 0 Å². The minimum absolute atomic E-state index is 0.0542. The van der Waals surface area contributed by atoms with E-state index < -0.39 is 11.7 Å². The quantitative estimate of drug-likeness (QED) is 0.520. The Kier molecular flexibility index (Phi) is 5.12. The molecule has 30 heavy (non-hydrogen) atoms. The van der Waals surface area contributed by atoms with E-state index in [0.29, 0.717) is 28.5 Å². The molecule has 1 amide bonds. The lowest BCUT2D eigenvalue weighted by atomic mass is 9.87. The van der Waals surface area contributed by atoms with Gasteiger partial charge in [0.1, 0.15) is 0 Å². The molecule has 5 heteroatoms. The van der Waals surface area contributed by atoms with E-state index in [1.807, 2.05) is 30.3 Å². The molecule has 0 bridgehead atoms. The topological polar surface area (TPSA) is 49.4 Å². The molecule has 1 aliphatic heterocycles. The van der Waals surface area contributed by atoms with Crippen LogP contribution < -0.4 is 10.2 Å². The smallest absolute Gasteiger partial charge is 0.299 e. The Hall–Kier alpha value is -3.11. The van der Waals surface area contributed by atoms with Crippen molar-refractivity contribution in [3.05, 3.63) is 88.4 Å². The number of carbonyl (C=O) groups excluding carboxylic acids is 2. The molecule has 0 fully saturated rings. The van der Waals surface area contributed by atoms with E-state index in [1.165, 1.54) is 5.56 Å². The Balaban J connectivity index is 1.68. The second kappa shape index (κ2) is 7.62. The van der Waals surface area contributed by atoms with Gasteiger partial charge in [-0.05, 0) is 46.9 Å². The van der Waals surface area contributed by atoms with E-state index in [4.69, 9.17) is 11.6 Å². The third-order valence-corrected chi connectivity index (χ3v) is 5.49. The lowest BCUT2D eigenvalue weighted by Crippen LogP contribution is -2.29. The number of rotatable bonds is 4. The highest BCUT2D eigenvalue weighted by molar-refractivity contribution is 6.52. The lowest BCUT2D eigenvalue weighted by molar-refractivity contribution is -0.114. The number of nitrogens with one attached hydrogen (secondary N) is 1. The number of ketones is 1. The summed E-state index contributed by atoms with van der Waals surface area (Å²) in [4.78, 5) is 26.9. The van der Waals surface area contributed by atoms with Crippen molar-refractivity contribution in [3.8, 4) is 0 Å². The summed E-state index contributed by atoms with van der Waals surface area (Å²) < 4.78 is 0. The molecule has 1 N–H and O–H groups in total. The second-order valence-electron chi connectivity index (χ2n) is 8.50. The van der Waals surface area contributed by atoms with Crippen LogP contribution in [0.3, 0.4) is 0 Å². The average Bonchev–Trinajstić information content (AvgIpc) is 2.94. The van der Waals surface area contributed by atoms with Gasteiger partial charge in [0.25, 0.3) is 11.7 Å². The molecular formula is C25H23ClN2O2. The van der Waals surface area contributed by atoms with Gasteiger partial charge < -0.3 is 5.32 Å². The van der Waals surface area contributed by atoms with Crippen molar-refractivity contribution in [1.29, 1.82) is 0 Å². The highest BCUT2D eigenvalue weighted by atomic mass is 35.5. The zero-order chi connectivity index (χ0) is 21.5. The van der Waals surface area contributed by atoms with E-state index in [-0.39, 0.29) is 5.41 Å². The molecule has 152 valence electrons. The summed E-state index contributed by atoms with van der Waals surface area (Å²) >= 11 is 6.10. The predicted octanol–water partition coefficient (Wildman–Crippen LogP) is 6.11. The molecule has 4 nitrogen and oxygen atoms in total. The number of para-hydroxylation sites is 1. The molecule has 0 saturated carbocycles. The van der Waals surface area contributed by atoms with Crippen LogP contribution in [0.2, 0.25) is 5.02 Å². The number of hydrogen-bond acceptors (Lipinski definition) is 3. The van der Waals surface area contributed by atoms with Gasteiger partial charge in [-0.15, -0.1) is 0 Å². The van der Waals surface area contributed by atoms with Gasteiger partial charge >= 0.3 is 0 Å². The first-order valence-electron chi connectivity index (χ1n) is 9.85. The molecule has 1 aliphatic rings. The fourth-order valence-corrected chi connectivity index (χ4v) is 3.81. The number of carbonyl (C=O) groups is 2. The van der Waals surface area contributed by atoms with Gasteiger partial charge in [-0.3, -0.25) is 14.5 Å². The summed E-state index contributed by atoms with van der Waals surface area (Å²) in [7, 11) is 0. The van der Waals surface area contributed by atoms with E-state index in [9.17, 15) is 9.59 Å². The number of hydrogen-bond donors (Lipinski definition) is 1. The minimum atomic E-state index is -0.509. The Labute approximate surface area is 181 Å². The fraction of sp³-hybridized carbons (Fsp3) is 0.200. The van der Waals surface area contributed by atoms with Crippen LogP contribution in [0.5, 0.6) is 0 Å². The maximum atomic E-state index is 12.8. The molecule has 1 heterocycles. The molecule has 0 atom stereocenters. The normalized spacial score (nSPS) is 13.5. The van der Waals surface area contributed by atoms with Crippen LogP contribution in [0, 0.1) is 0 Å². The third kappa shape index (κ3) is 3.83. The fourth-order valence-electron chi connectivity index (χ4n) is 3.62. The van der Waals surface area contributed by atoms with Crippen LogP contribution in [0.15, 0.2) is 66.7 Å². The molecule has 0 radical (unpaired) electrons. The van der Waals surface area contributed by atoms with E-state index in [1.54, 1.807) is 29.2 Å². The molecule has 3 aromatic carbocycles. The number of fused-ring (bicyclic) bond motifs is 1. The summed E-state index contributed by atoms with van der Waals surface area (Å²) in [6, 6.07) is 20.9. The summed E-state index contributed by atoms with van der Waals surface area (Å²) in [6.07, 6.45) is 0. The maximum absolute atomic E-state index is 12.8. The second-order valence-corrected chi connectivity index (χ2v) is 8.94. The van der Waals surface area contributed by atoms with Crippen molar-refractivity contribution in [3.63, 3.8) is 0 Å². The number of halogens is 1. The first-order chi connectivity index (χ1) is 14.2. The molecular weight excluding hydrogens is 396 g/mol. The molecule has 4 rings (SSSR count). The van der Waals surface area contributed by atoms with E-state index >= 15 is 0 Å². The Morgan fingerprint density at radius 3 is 2.30 bits per heavy atom. The lowest BCUT2D eigenvalue weighted by Gasteiger charge is -2.22. The Bertz CT molecular complexity index is 1130. The molecule has 3 aromatic rings. The molecule has 0 aromatic heterocycles. The van der Waals surface area contributed by atoms with E-state index in [0.717, 1.165) is 11.3 Å². The first kappa shape index (κ1) is 20.2. The Morgan fingerprint density at radius 2 is 1.63 bits per heavy atom. The van der Waals surface area contributed by atoms with Crippen molar-refractivity contribution in [2.75, 3.05) is 10.2 Å². The highest BCUT2D eigenvalue weighted by Crippen LogP contribution is 2.39. The van der Waals surface area contributed by atoms with Crippen LogP contribution in [-0.2, 0) is 16.8 Å². The summed E-state index contributed by atoms with van der Waals surface area (Å²) in [6.45, 7) is 6.81. The first-order valence-corrected chi connectivity index (χ1v) is 10.2. The van der Waals surface area contributed by atoms with Crippen LogP contribution in [-0.4, -0.2) is 11.7 Å². The standard InChI is InChI=1S/C25H23ClN2O2/c1-25(2,3)17-12-10-16(11-13-17)15-28-22-20(23(29)24(28)30)8-5-9-21(22)27-19-7-4-6-18(26)14-19/h4-14,27H,15H2,1-3H3. The van der Waals surface area contributed by atoms with Gasteiger partial charge in [-0.1, -0.05) is 68.8 Å². The van der Waals surface area contributed by atoms with Gasteiger partial charge in [0.15, 0.2) is 0 Å². The molecule has 0 aliphatic carbocycles. The van der Waals surface area contributed by atoms with Crippen LogP contribution >= 0.6 is 11.6 Å². The van der Waals surface area contributed by atoms with Crippen LogP contribution in [0.4, 0.5) is 17.1 Å². The largest absolute Gasteiger partial charge is 0.354 e. The minimum Gasteiger partial charge on any atom is -0.354 e. The predicted molar refractivity (Wildman–Crippen MR) is 122 cm³/mol. The summed E-state index contributed by atoms with van der Waals surface area (Å²) in [5, 5.41) is 3.91. The van der Waals surface area contributed by atoms with Crippen molar-refractivity contribution >= 4 is 40.4 Å². The van der Waals surface area contributed by atoms with Crippen molar-refractivity contribution in [1.82, 2.24) is 0 Å². The van der Waals surface area contributed by atoms with Gasteiger partial charge in [-0.2, -0.15) is 0 Å². The van der Waals surface area contributed by atoms with Gasteiger partial charge in [-0.25, -0.2) is 0 Å². The van der Waals surface area contributed by atoms with E-state index in [2.05, 4.69) is 38.2 Å². The van der Waals surface area contributed by atoms with Crippen LogP contribution in [0.25, 0.3) is 0 Å². The summed E-state index contributed by atoms with van der Waals surface area (Å²) in [5.41, 5.74) is 4.75.